The van der Waals surface area contributed by atoms with Crippen LogP contribution < -0.4 is 10.1 Å². The van der Waals surface area contributed by atoms with E-state index < -0.39 is 16.6 Å². The molecule has 0 saturated carbocycles. The Morgan fingerprint density at radius 1 is 1.30 bits per heavy atom. The first-order valence-corrected chi connectivity index (χ1v) is 7.37. The van der Waals surface area contributed by atoms with E-state index in [2.05, 4.69) is 21.2 Å². The summed E-state index contributed by atoms with van der Waals surface area (Å²) in [7, 11) is 0. The molecule has 2 aromatic rings. The maximum absolute atomic E-state index is 13.0. The Hall–Kier alpha value is -2.48. The third-order valence-corrected chi connectivity index (χ3v) is 3.53. The van der Waals surface area contributed by atoms with Crippen LogP contribution in [0.1, 0.15) is 10.4 Å². The van der Waals surface area contributed by atoms with E-state index in [1.165, 1.54) is 36.4 Å². The molecule has 6 nitrogen and oxygen atoms in total. The molecule has 0 saturated heterocycles. The number of rotatable bonds is 6. The third kappa shape index (κ3) is 4.75. The molecule has 0 fully saturated rings. The molecule has 0 bridgehead atoms. The molecule has 0 atom stereocenters. The van der Waals surface area contributed by atoms with Crippen LogP contribution in [0, 0.1) is 15.9 Å². The van der Waals surface area contributed by atoms with Gasteiger partial charge < -0.3 is 10.1 Å². The molecule has 0 aliphatic heterocycles. The number of carbonyl (C=O) groups excluding carboxylic acids is 1. The van der Waals surface area contributed by atoms with Gasteiger partial charge in [0.1, 0.15) is 18.2 Å². The second-order valence-corrected chi connectivity index (χ2v) is 5.34. The summed E-state index contributed by atoms with van der Waals surface area (Å²) in [5.74, 6) is -0.504. The van der Waals surface area contributed by atoms with Gasteiger partial charge in [0.05, 0.1) is 15.9 Å². The minimum absolute atomic E-state index is 0.147. The SMILES string of the molecule is O=C(NCCOc1cccc(F)c1)c1ccc(Br)c([N+](=O)[O-])c1. The van der Waals surface area contributed by atoms with Crippen LogP contribution in [0.3, 0.4) is 0 Å². The number of benzene rings is 2. The third-order valence-electron chi connectivity index (χ3n) is 2.86. The molecular formula is C15H12BrFN2O4. The number of hydrogen-bond acceptors (Lipinski definition) is 4. The highest BCUT2D eigenvalue weighted by atomic mass is 79.9. The fraction of sp³-hybridized carbons (Fsp3) is 0.133. The molecule has 0 aliphatic carbocycles. The van der Waals surface area contributed by atoms with Crippen LogP contribution in [0.2, 0.25) is 0 Å². The van der Waals surface area contributed by atoms with Gasteiger partial charge in [-0.1, -0.05) is 6.07 Å². The highest BCUT2D eigenvalue weighted by Gasteiger charge is 2.15. The Morgan fingerprint density at radius 3 is 2.78 bits per heavy atom. The number of halogens is 2. The van der Waals surface area contributed by atoms with Gasteiger partial charge >= 0.3 is 0 Å². The average Bonchev–Trinajstić information content (AvgIpc) is 2.51. The van der Waals surface area contributed by atoms with Gasteiger partial charge in [-0.3, -0.25) is 14.9 Å². The lowest BCUT2D eigenvalue weighted by molar-refractivity contribution is -0.385. The number of hydrogen-bond donors (Lipinski definition) is 1. The van der Waals surface area contributed by atoms with Crippen molar-refractivity contribution in [2.45, 2.75) is 0 Å². The number of nitrogens with zero attached hydrogens (tertiary/aromatic N) is 1. The molecule has 0 spiro atoms. The van der Waals surface area contributed by atoms with Crippen molar-refractivity contribution in [3.05, 3.63) is 68.4 Å². The summed E-state index contributed by atoms with van der Waals surface area (Å²) < 4.78 is 18.5. The number of carbonyl (C=O) groups is 1. The van der Waals surface area contributed by atoms with Gasteiger partial charge in [-0.05, 0) is 40.2 Å². The summed E-state index contributed by atoms with van der Waals surface area (Å²) in [5, 5.41) is 13.4. The van der Waals surface area contributed by atoms with Crippen LogP contribution in [0.25, 0.3) is 0 Å². The monoisotopic (exact) mass is 382 g/mol. The van der Waals surface area contributed by atoms with E-state index in [1.807, 2.05) is 0 Å². The largest absolute Gasteiger partial charge is 0.492 e. The van der Waals surface area contributed by atoms with Crippen LogP contribution in [-0.4, -0.2) is 24.0 Å². The molecule has 0 aliphatic rings. The van der Waals surface area contributed by atoms with Crippen LogP contribution in [0.5, 0.6) is 5.75 Å². The Balaban J connectivity index is 1.88. The summed E-state index contributed by atoms with van der Waals surface area (Å²) in [6, 6.07) is 9.76. The normalized spacial score (nSPS) is 10.2. The minimum atomic E-state index is -0.575. The first-order chi connectivity index (χ1) is 11.0. The van der Waals surface area contributed by atoms with Gasteiger partial charge in [0.25, 0.3) is 11.6 Å². The van der Waals surface area contributed by atoms with Crippen LogP contribution >= 0.6 is 15.9 Å². The number of nitro groups is 1. The predicted molar refractivity (Wildman–Crippen MR) is 85.0 cm³/mol. The Labute approximate surface area is 139 Å². The number of amides is 1. The van der Waals surface area contributed by atoms with Crippen LogP contribution in [0.15, 0.2) is 46.9 Å². The van der Waals surface area contributed by atoms with Crippen molar-refractivity contribution in [3.8, 4) is 5.75 Å². The summed E-state index contributed by atoms with van der Waals surface area (Å²) in [6.45, 7) is 0.326. The van der Waals surface area contributed by atoms with Crippen molar-refractivity contribution in [2.75, 3.05) is 13.2 Å². The van der Waals surface area contributed by atoms with E-state index in [0.29, 0.717) is 10.2 Å². The fourth-order valence-corrected chi connectivity index (χ4v) is 2.18. The van der Waals surface area contributed by atoms with Crippen molar-refractivity contribution in [2.24, 2.45) is 0 Å². The van der Waals surface area contributed by atoms with Crippen molar-refractivity contribution in [3.63, 3.8) is 0 Å². The smallest absolute Gasteiger partial charge is 0.284 e. The molecule has 0 heterocycles. The quantitative estimate of drug-likeness (QED) is 0.472. The van der Waals surface area contributed by atoms with E-state index in [0.717, 1.165) is 0 Å². The van der Waals surface area contributed by atoms with Crippen molar-refractivity contribution >= 4 is 27.5 Å². The Kier molecular flexibility index (Phi) is 5.64. The molecule has 23 heavy (non-hydrogen) atoms. The molecular weight excluding hydrogens is 371 g/mol. The van der Waals surface area contributed by atoms with Crippen molar-refractivity contribution in [1.82, 2.24) is 5.32 Å². The Morgan fingerprint density at radius 2 is 2.09 bits per heavy atom. The molecule has 0 aromatic heterocycles. The van der Waals surface area contributed by atoms with Gasteiger partial charge in [-0.15, -0.1) is 0 Å². The van der Waals surface area contributed by atoms with Gasteiger partial charge in [-0.2, -0.15) is 0 Å². The molecule has 0 radical (unpaired) electrons. The average molecular weight is 383 g/mol. The topological polar surface area (TPSA) is 81.5 Å². The maximum Gasteiger partial charge on any atom is 0.284 e. The molecule has 120 valence electrons. The van der Waals surface area contributed by atoms with E-state index in [1.54, 1.807) is 6.07 Å². The molecule has 2 aromatic carbocycles. The standard InChI is InChI=1S/C15H12BrFN2O4/c16-13-5-4-10(8-14(13)19(21)22)15(20)18-6-7-23-12-3-1-2-11(17)9-12/h1-5,8-9H,6-7H2,(H,18,20). The van der Waals surface area contributed by atoms with Gasteiger partial charge in [0.2, 0.25) is 0 Å². The van der Waals surface area contributed by atoms with Crippen molar-refractivity contribution < 1.29 is 18.8 Å². The Bertz CT molecular complexity index is 739. The lowest BCUT2D eigenvalue weighted by Gasteiger charge is -2.08. The molecule has 2 rings (SSSR count). The summed E-state index contributed by atoms with van der Waals surface area (Å²) >= 11 is 3.05. The van der Waals surface area contributed by atoms with E-state index in [9.17, 15) is 19.3 Å². The second-order valence-electron chi connectivity index (χ2n) is 4.49. The lowest BCUT2D eigenvalue weighted by atomic mass is 10.2. The van der Waals surface area contributed by atoms with E-state index >= 15 is 0 Å². The first kappa shape index (κ1) is 16.9. The van der Waals surface area contributed by atoms with Crippen molar-refractivity contribution in [1.29, 1.82) is 0 Å². The van der Waals surface area contributed by atoms with Gasteiger partial charge in [0.15, 0.2) is 0 Å². The molecule has 1 N–H and O–H groups in total. The zero-order valence-electron chi connectivity index (χ0n) is 11.8. The summed E-state index contributed by atoms with van der Waals surface area (Å²) in [4.78, 5) is 22.2. The highest BCUT2D eigenvalue weighted by Crippen LogP contribution is 2.25. The van der Waals surface area contributed by atoms with Gasteiger partial charge in [0, 0.05) is 17.7 Å². The minimum Gasteiger partial charge on any atom is -0.492 e. The zero-order valence-corrected chi connectivity index (χ0v) is 13.4. The fourth-order valence-electron chi connectivity index (χ4n) is 1.79. The number of nitrogens with one attached hydrogen (secondary N) is 1. The maximum atomic E-state index is 13.0. The summed E-state index contributed by atoms with van der Waals surface area (Å²) in [6.07, 6.45) is 0. The lowest BCUT2D eigenvalue weighted by Crippen LogP contribution is -2.28. The first-order valence-electron chi connectivity index (χ1n) is 6.58. The van der Waals surface area contributed by atoms with E-state index in [-0.39, 0.29) is 24.4 Å². The van der Waals surface area contributed by atoms with Gasteiger partial charge in [-0.25, -0.2) is 4.39 Å². The second kappa shape index (κ2) is 7.68. The number of nitro benzene ring substituents is 1. The summed E-state index contributed by atoms with van der Waals surface area (Å²) in [5.41, 5.74) is -0.0145. The number of ether oxygens (including phenoxy) is 1. The highest BCUT2D eigenvalue weighted by molar-refractivity contribution is 9.10. The van der Waals surface area contributed by atoms with E-state index in [4.69, 9.17) is 4.74 Å². The molecule has 8 heteroatoms. The zero-order chi connectivity index (χ0) is 16.8. The molecule has 1 amide bonds. The van der Waals surface area contributed by atoms with Crippen LogP contribution in [0.4, 0.5) is 10.1 Å². The predicted octanol–water partition coefficient (Wildman–Crippen LogP) is 3.31. The van der Waals surface area contributed by atoms with Crippen LogP contribution in [-0.2, 0) is 0 Å². The molecule has 0 unspecified atom stereocenters.